The minimum absolute atomic E-state index is 0.656. The molecule has 1 heterocycles. The first kappa shape index (κ1) is 14.2. The number of nitrogens with zero attached hydrogens (tertiary/aromatic N) is 2. The van der Waals surface area contributed by atoms with E-state index in [1.807, 2.05) is 29.8 Å². The molecule has 2 rings (SSSR count). The number of nitrogens with two attached hydrogens (primary N) is 1. The maximum atomic E-state index is 6.17. The molecule has 0 unspecified atom stereocenters. The standard InChI is InChI=1S/C15H21N3O2/c1-5-6-13-17-14(15(16)18(13)2)10-7-11(19-3)9-12(8-10)20-4/h7-9H,5-6,16H2,1-4H3. The van der Waals surface area contributed by atoms with Gasteiger partial charge in [0.15, 0.2) is 0 Å². The summed E-state index contributed by atoms with van der Waals surface area (Å²) in [6, 6.07) is 5.66. The van der Waals surface area contributed by atoms with Gasteiger partial charge in [0, 0.05) is 25.1 Å². The van der Waals surface area contributed by atoms with E-state index < -0.39 is 0 Å². The van der Waals surface area contributed by atoms with E-state index in [0.29, 0.717) is 5.82 Å². The van der Waals surface area contributed by atoms with Crippen LogP contribution in [0.3, 0.4) is 0 Å². The average Bonchev–Trinajstić information content (AvgIpc) is 2.75. The van der Waals surface area contributed by atoms with Gasteiger partial charge in [0.1, 0.15) is 28.8 Å². The summed E-state index contributed by atoms with van der Waals surface area (Å²) >= 11 is 0. The maximum Gasteiger partial charge on any atom is 0.131 e. The van der Waals surface area contributed by atoms with E-state index >= 15 is 0 Å². The van der Waals surface area contributed by atoms with Crippen LogP contribution in [0.2, 0.25) is 0 Å². The summed E-state index contributed by atoms with van der Waals surface area (Å²) in [7, 11) is 5.19. The van der Waals surface area contributed by atoms with Crippen molar-refractivity contribution in [3.63, 3.8) is 0 Å². The van der Waals surface area contributed by atoms with Gasteiger partial charge in [-0.1, -0.05) is 6.92 Å². The van der Waals surface area contributed by atoms with Gasteiger partial charge in [-0.15, -0.1) is 0 Å². The zero-order chi connectivity index (χ0) is 14.7. The third kappa shape index (κ3) is 2.57. The molecule has 0 aliphatic carbocycles. The molecule has 5 nitrogen and oxygen atoms in total. The number of rotatable bonds is 5. The number of hydrogen-bond acceptors (Lipinski definition) is 4. The average molecular weight is 275 g/mol. The predicted octanol–water partition coefficient (Wildman–Crippen LogP) is 2.64. The Bertz CT molecular complexity index is 583. The van der Waals surface area contributed by atoms with Crippen LogP contribution in [0.5, 0.6) is 11.5 Å². The van der Waals surface area contributed by atoms with Crippen molar-refractivity contribution in [3.05, 3.63) is 24.0 Å². The molecule has 2 N–H and O–H groups in total. The minimum Gasteiger partial charge on any atom is -0.497 e. The molecular weight excluding hydrogens is 254 g/mol. The molecule has 5 heteroatoms. The van der Waals surface area contributed by atoms with Gasteiger partial charge in [0.05, 0.1) is 14.2 Å². The predicted molar refractivity (Wildman–Crippen MR) is 80.2 cm³/mol. The normalized spacial score (nSPS) is 10.6. The highest BCUT2D eigenvalue weighted by atomic mass is 16.5. The quantitative estimate of drug-likeness (QED) is 0.911. The molecule has 108 valence electrons. The van der Waals surface area contributed by atoms with E-state index in [1.165, 1.54) is 0 Å². The van der Waals surface area contributed by atoms with Crippen LogP contribution >= 0.6 is 0 Å². The van der Waals surface area contributed by atoms with Gasteiger partial charge in [0.2, 0.25) is 0 Å². The molecule has 20 heavy (non-hydrogen) atoms. The van der Waals surface area contributed by atoms with E-state index in [2.05, 4.69) is 11.9 Å². The number of hydrogen-bond donors (Lipinski definition) is 1. The molecule has 1 aromatic carbocycles. The van der Waals surface area contributed by atoms with E-state index in [-0.39, 0.29) is 0 Å². The van der Waals surface area contributed by atoms with E-state index in [0.717, 1.165) is 41.4 Å². The Balaban J connectivity index is 2.53. The van der Waals surface area contributed by atoms with Crippen LogP contribution in [0.1, 0.15) is 19.2 Å². The first-order valence-electron chi connectivity index (χ1n) is 6.65. The van der Waals surface area contributed by atoms with Crippen LogP contribution in [-0.4, -0.2) is 23.8 Å². The number of benzene rings is 1. The molecule has 0 radical (unpaired) electrons. The fourth-order valence-corrected chi connectivity index (χ4v) is 2.16. The highest BCUT2D eigenvalue weighted by Crippen LogP contribution is 2.32. The third-order valence-electron chi connectivity index (χ3n) is 3.33. The second-order valence-corrected chi connectivity index (χ2v) is 4.67. The van der Waals surface area contributed by atoms with Crippen molar-refractivity contribution in [1.82, 2.24) is 9.55 Å². The molecule has 0 amide bonds. The Morgan fingerprint density at radius 2 is 1.75 bits per heavy atom. The van der Waals surface area contributed by atoms with Crippen molar-refractivity contribution in [2.75, 3.05) is 20.0 Å². The Morgan fingerprint density at radius 3 is 2.25 bits per heavy atom. The van der Waals surface area contributed by atoms with Crippen LogP contribution in [0.15, 0.2) is 18.2 Å². The molecule has 1 aromatic heterocycles. The highest BCUT2D eigenvalue weighted by Gasteiger charge is 2.15. The molecule has 0 atom stereocenters. The Kier molecular flexibility index (Phi) is 4.17. The van der Waals surface area contributed by atoms with Gasteiger partial charge in [0.25, 0.3) is 0 Å². The summed E-state index contributed by atoms with van der Waals surface area (Å²) < 4.78 is 12.5. The van der Waals surface area contributed by atoms with Crippen molar-refractivity contribution < 1.29 is 9.47 Å². The largest absolute Gasteiger partial charge is 0.497 e. The molecule has 0 fully saturated rings. The van der Waals surface area contributed by atoms with Crippen molar-refractivity contribution >= 4 is 5.82 Å². The first-order valence-corrected chi connectivity index (χ1v) is 6.65. The van der Waals surface area contributed by atoms with Gasteiger partial charge >= 0.3 is 0 Å². The number of ether oxygens (including phenoxy) is 2. The van der Waals surface area contributed by atoms with Crippen LogP contribution in [0.4, 0.5) is 5.82 Å². The molecule has 0 aliphatic rings. The second-order valence-electron chi connectivity index (χ2n) is 4.67. The van der Waals surface area contributed by atoms with Crippen molar-refractivity contribution in [1.29, 1.82) is 0 Å². The van der Waals surface area contributed by atoms with Gasteiger partial charge < -0.3 is 19.8 Å². The number of nitrogen functional groups attached to an aromatic ring is 1. The molecule has 0 bridgehead atoms. The number of anilines is 1. The Hall–Kier alpha value is -2.17. The molecule has 0 saturated heterocycles. The zero-order valence-corrected chi connectivity index (χ0v) is 12.4. The van der Waals surface area contributed by atoms with E-state index in [4.69, 9.17) is 15.2 Å². The summed E-state index contributed by atoms with van der Waals surface area (Å²) in [6.07, 6.45) is 1.94. The molecule has 0 saturated carbocycles. The van der Waals surface area contributed by atoms with Gasteiger partial charge in [-0.05, 0) is 18.6 Å². The first-order chi connectivity index (χ1) is 9.60. The lowest BCUT2D eigenvalue weighted by Gasteiger charge is -2.07. The van der Waals surface area contributed by atoms with Gasteiger partial charge in [-0.2, -0.15) is 0 Å². The third-order valence-corrected chi connectivity index (χ3v) is 3.33. The van der Waals surface area contributed by atoms with Gasteiger partial charge in [-0.3, -0.25) is 0 Å². The lowest BCUT2D eigenvalue weighted by Crippen LogP contribution is -2.01. The van der Waals surface area contributed by atoms with Crippen molar-refractivity contribution in [3.8, 4) is 22.8 Å². The molecule has 0 spiro atoms. The van der Waals surface area contributed by atoms with Gasteiger partial charge in [-0.25, -0.2) is 4.98 Å². The monoisotopic (exact) mass is 275 g/mol. The topological polar surface area (TPSA) is 62.3 Å². The van der Waals surface area contributed by atoms with E-state index in [1.54, 1.807) is 14.2 Å². The minimum atomic E-state index is 0.656. The molecule has 0 aliphatic heterocycles. The Morgan fingerprint density at radius 1 is 1.15 bits per heavy atom. The summed E-state index contributed by atoms with van der Waals surface area (Å²) in [5.74, 6) is 3.09. The molecular formula is C15H21N3O2. The smallest absolute Gasteiger partial charge is 0.131 e. The SMILES string of the molecule is CCCc1nc(-c2cc(OC)cc(OC)c2)c(N)n1C. The molecule has 2 aromatic rings. The second kappa shape index (κ2) is 5.86. The summed E-state index contributed by atoms with van der Waals surface area (Å²) in [5, 5.41) is 0. The van der Waals surface area contributed by atoms with Crippen LogP contribution in [0.25, 0.3) is 11.3 Å². The summed E-state index contributed by atoms with van der Waals surface area (Å²) in [5.41, 5.74) is 7.84. The zero-order valence-electron chi connectivity index (χ0n) is 12.4. The number of methoxy groups -OCH3 is 2. The van der Waals surface area contributed by atoms with Crippen LogP contribution in [0, 0.1) is 0 Å². The van der Waals surface area contributed by atoms with Crippen molar-refractivity contribution in [2.45, 2.75) is 19.8 Å². The number of imidazole rings is 1. The fourth-order valence-electron chi connectivity index (χ4n) is 2.16. The Labute approximate surface area is 119 Å². The lowest BCUT2D eigenvalue weighted by molar-refractivity contribution is 0.394. The maximum absolute atomic E-state index is 6.17. The van der Waals surface area contributed by atoms with Crippen LogP contribution in [-0.2, 0) is 13.5 Å². The van der Waals surface area contributed by atoms with Crippen molar-refractivity contribution in [2.24, 2.45) is 7.05 Å². The highest BCUT2D eigenvalue weighted by molar-refractivity contribution is 5.73. The van der Waals surface area contributed by atoms with Crippen LogP contribution < -0.4 is 15.2 Å². The number of aryl methyl sites for hydroxylation is 1. The van der Waals surface area contributed by atoms with E-state index in [9.17, 15) is 0 Å². The lowest BCUT2D eigenvalue weighted by atomic mass is 10.1. The summed E-state index contributed by atoms with van der Waals surface area (Å²) in [4.78, 5) is 4.65. The number of aromatic nitrogens is 2. The fraction of sp³-hybridized carbons (Fsp3) is 0.400. The summed E-state index contributed by atoms with van der Waals surface area (Å²) in [6.45, 7) is 2.12.